The van der Waals surface area contributed by atoms with Gasteiger partial charge >= 0.3 is 5.97 Å². The molecule has 0 saturated carbocycles. The lowest BCUT2D eigenvalue weighted by molar-refractivity contribution is -0.137. The highest BCUT2D eigenvalue weighted by Crippen LogP contribution is 2.22. The molecule has 88 valence electrons. The fraction of sp³-hybridized carbons (Fsp3) is 0.214. The lowest BCUT2D eigenvalue weighted by Crippen LogP contribution is -2.08. The lowest BCUT2D eigenvalue weighted by atomic mass is 10.1. The van der Waals surface area contributed by atoms with Crippen molar-refractivity contribution in [1.82, 2.24) is 4.57 Å². The molecule has 17 heavy (non-hydrogen) atoms. The third-order valence-corrected chi connectivity index (χ3v) is 2.69. The highest BCUT2D eigenvalue weighted by Gasteiger charge is 2.08. The highest BCUT2D eigenvalue weighted by atomic mass is 16.4. The van der Waals surface area contributed by atoms with Gasteiger partial charge in [-0.15, -0.1) is 0 Å². The van der Waals surface area contributed by atoms with Crippen LogP contribution < -0.4 is 0 Å². The maximum Gasteiger partial charge on any atom is 0.323 e. The first kappa shape index (κ1) is 11.5. The number of hydrogen-bond donors (Lipinski definition) is 1. The van der Waals surface area contributed by atoms with Gasteiger partial charge in [-0.25, -0.2) is 0 Å². The first-order chi connectivity index (χ1) is 8.06. The number of nitrogens with zero attached hydrogens (tertiary/aromatic N) is 1. The van der Waals surface area contributed by atoms with Crippen LogP contribution in [0.5, 0.6) is 0 Å². The molecule has 3 nitrogen and oxygen atoms in total. The molecule has 0 atom stereocenters. The molecule has 1 N–H and O–H groups in total. The number of benzene rings is 1. The maximum atomic E-state index is 10.8. The third-order valence-electron chi connectivity index (χ3n) is 2.69. The summed E-state index contributed by atoms with van der Waals surface area (Å²) in [6, 6.07) is 10.1. The minimum atomic E-state index is -0.825. The van der Waals surface area contributed by atoms with Crippen molar-refractivity contribution in [3.05, 3.63) is 47.7 Å². The Bertz CT molecular complexity index is 538. The Morgan fingerprint density at radius 1 is 1.18 bits per heavy atom. The Hall–Kier alpha value is -2.03. The number of carboxylic acids is 1. The minimum Gasteiger partial charge on any atom is -0.480 e. The zero-order chi connectivity index (χ0) is 12.4. The van der Waals surface area contributed by atoms with Gasteiger partial charge in [-0.1, -0.05) is 29.8 Å². The van der Waals surface area contributed by atoms with E-state index in [-0.39, 0.29) is 6.54 Å². The Morgan fingerprint density at radius 2 is 1.82 bits per heavy atom. The number of carboxylic acid groups (broad SMARTS) is 1. The summed E-state index contributed by atoms with van der Waals surface area (Å²) in [6.45, 7) is 4.00. The van der Waals surface area contributed by atoms with Crippen molar-refractivity contribution in [2.75, 3.05) is 0 Å². The van der Waals surface area contributed by atoms with Crippen LogP contribution in [0, 0.1) is 13.8 Å². The fourth-order valence-corrected chi connectivity index (χ4v) is 1.90. The van der Waals surface area contributed by atoms with Crippen molar-refractivity contribution < 1.29 is 9.90 Å². The van der Waals surface area contributed by atoms with E-state index in [2.05, 4.69) is 0 Å². The molecule has 0 amide bonds. The SMILES string of the molecule is Cc1ccc(-c2cc(C)cn2CC(=O)O)cc1. The van der Waals surface area contributed by atoms with Crippen LogP contribution in [0.1, 0.15) is 11.1 Å². The predicted octanol–water partition coefficient (Wildman–Crippen LogP) is 2.86. The van der Waals surface area contributed by atoms with Crippen molar-refractivity contribution in [2.45, 2.75) is 20.4 Å². The van der Waals surface area contributed by atoms with E-state index in [1.54, 1.807) is 4.57 Å². The van der Waals surface area contributed by atoms with Gasteiger partial charge < -0.3 is 9.67 Å². The van der Waals surface area contributed by atoms with Gasteiger partial charge in [0.15, 0.2) is 0 Å². The zero-order valence-electron chi connectivity index (χ0n) is 9.97. The van der Waals surface area contributed by atoms with E-state index < -0.39 is 5.97 Å². The van der Waals surface area contributed by atoms with Gasteiger partial charge in [0.1, 0.15) is 6.54 Å². The van der Waals surface area contributed by atoms with Gasteiger partial charge in [0, 0.05) is 11.9 Å². The van der Waals surface area contributed by atoms with E-state index in [9.17, 15) is 4.79 Å². The Labute approximate surface area is 100 Å². The number of hydrogen-bond acceptors (Lipinski definition) is 1. The van der Waals surface area contributed by atoms with Crippen LogP contribution in [0.25, 0.3) is 11.3 Å². The van der Waals surface area contributed by atoms with Crippen LogP contribution >= 0.6 is 0 Å². The maximum absolute atomic E-state index is 10.8. The average molecular weight is 229 g/mol. The van der Waals surface area contributed by atoms with Crippen molar-refractivity contribution in [1.29, 1.82) is 0 Å². The quantitative estimate of drug-likeness (QED) is 0.879. The summed E-state index contributed by atoms with van der Waals surface area (Å²) in [5.41, 5.74) is 4.26. The predicted molar refractivity (Wildman–Crippen MR) is 67.0 cm³/mol. The van der Waals surface area contributed by atoms with Crippen LogP contribution in [0.3, 0.4) is 0 Å². The molecule has 1 aromatic carbocycles. The molecule has 0 bridgehead atoms. The first-order valence-corrected chi connectivity index (χ1v) is 5.52. The molecule has 0 radical (unpaired) electrons. The highest BCUT2D eigenvalue weighted by molar-refractivity contribution is 5.69. The third kappa shape index (κ3) is 2.56. The summed E-state index contributed by atoms with van der Waals surface area (Å²) in [7, 11) is 0. The molecule has 2 rings (SSSR count). The van der Waals surface area contributed by atoms with E-state index in [0.29, 0.717) is 0 Å². The van der Waals surface area contributed by atoms with Crippen LogP contribution in [-0.2, 0) is 11.3 Å². The summed E-state index contributed by atoms with van der Waals surface area (Å²) >= 11 is 0. The number of carbonyl (C=O) groups is 1. The van der Waals surface area contributed by atoms with Crippen molar-refractivity contribution >= 4 is 5.97 Å². The molecule has 0 aliphatic carbocycles. The molecular weight excluding hydrogens is 214 g/mol. The molecule has 0 fully saturated rings. The topological polar surface area (TPSA) is 42.2 Å². The largest absolute Gasteiger partial charge is 0.480 e. The summed E-state index contributed by atoms with van der Waals surface area (Å²) in [6.07, 6.45) is 1.86. The molecule has 0 spiro atoms. The van der Waals surface area contributed by atoms with E-state index in [1.807, 2.05) is 50.4 Å². The second-order valence-electron chi connectivity index (χ2n) is 4.29. The normalized spacial score (nSPS) is 10.5. The van der Waals surface area contributed by atoms with E-state index in [1.165, 1.54) is 5.56 Å². The fourth-order valence-electron chi connectivity index (χ4n) is 1.90. The zero-order valence-corrected chi connectivity index (χ0v) is 9.97. The van der Waals surface area contributed by atoms with Gasteiger partial charge in [0.2, 0.25) is 0 Å². The number of aliphatic carboxylic acids is 1. The monoisotopic (exact) mass is 229 g/mol. The Kier molecular flexibility index (Phi) is 3.00. The second-order valence-corrected chi connectivity index (χ2v) is 4.29. The molecule has 2 aromatic rings. The van der Waals surface area contributed by atoms with Crippen LogP contribution in [0.4, 0.5) is 0 Å². The Morgan fingerprint density at radius 3 is 2.41 bits per heavy atom. The second kappa shape index (κ2) is 4.45. The van der Waals surface area contributed by atoms with Gasteiger partial charge in [-0.05, 0) is 31.0 Å². The van der Waals surface area contributed by atoms with Crippen molar-refractivity contribution in [3.8, 4) is 11.3 Å². The van der Waals surface area contributed by atoms with Crippen LogP contribution in [-0.4, -0.2) is 15.6 Å². The standard InChI is InChI=1S/C14H15NO2/c1-10-3-5-12(6-4-10)13-7-11(2)8-15(13)9-14(16)17/h3-8H,9H2,1-2H3,(H,16,17). The molecule has 0 aliphatic heterocycles. The van der Waals surface area contributed by atoms with Crippen molar-refractivity contribution in [3.63, 3.8) is 0 Å². The number of aromatic nitrogens is 1. The van der Waals surface area contributed by atoms with Crippen LogP contribution in [0.2, 0.25) is 0 Å². The van der Waals surface area contributed by atoms with E-state index in [4.69, 9.17) is 5.11 Å². The molecular formula is C14H15NO2. The smallest absolute Gasteiger partial charge is 0.323 e. The summed E-state index contributed by atoms with van der Waals surface area (Å²) in [5, 5.41) is 8.87. The van der Waals surface area contributed by atoms with E-state index >= 15 is 0 Å². The van der Waals surface area contributed by atoms with Gasteiger partial charge in [0.05, 0.1) is 0 Å². The van der Waals surface area contributed by atoms with Crippen LogP contribution in [0.15, 0.2) is 36.5 Å². The molecule has 0 saturated heterocycles. The van der Waals surface area contributed by atoms with E-state index in [0.717, 1.165) is 16.8 Å². The number of rotatable bonds is 3. The van der Waals surface area contributed by atoms with Gasteiger partial charge in [0.25, 0.3) is 0 Å². The molecule has 0 unspecified atom stereocenters. The Balaban J connectivity index is 2.43. The molecule has 3 heteroatoms. The first-order valence-electron chi connectivity index (χ1n) is 5.52. The molecule has 0 aliphatic rings. The average Bonchev–Trinajstić information content (AvgIpc) is 2.59. The number of aryl methyl sites for hydroxylation is 2. The summed E-state index contributed by atoms with van der Waals surface area (Å²) in [4.78, 5) is 10.8. The summed E-state index contributed by atoms with van der Waals surface area (Å²) in [5.74, 6) is -0.825. The molecule has 1 heterocycles. The van der Waals surface area contributed by atoms with Crippen molar-refractivity contribution in [2.24, 2.45) is 0 Å². The minimum absolute atomic E-state index is 0.00293. The van der Waals surface area contributed by atoms with Gasteiger partial charge in [-0.3, -0.25) is 4.79 Å². The lowest BCUT2D eigenvalue weighted by Gasteiger charge is -2.06. The molecule has 1 aromatic heterocycles. The summed E-state index contributed by atoms with van der Waals surface area (Å²) < 4.78 is 1.77. The van der Waals surface area contributed by atoms with Gasteiger partial charge in [-0.2, -0.15) is 0 Å².